The van der Waals surface area contributed by atoms with Gasteiger partial charge in [-0.25, -0.2) is 9.97 Å². The van der Waals surface area contributed by atoms with Gasteiger partial charge in [-0.3, -0.25) is 4.79 Å². The van der Waals surface area contributed by atoms with Crippen LogP contribution in [-0.2, 0) is 13.0 Å². The summed E-state index contributed by atoms with van der Waals surface area (Å²) >= 11 is 0. The molecule has 29 heavy (non-hydrogen) atoms. The molecule has 0 aliphatic carbocycles. The van der Waals surface area contributed by atoms with Crippen LogP contribution >= 0.6 is 0 Å². The molecule has 0 unspecified atom stereocenters. The average Bonchev–Trinajstić information content (AvgIpc) is 2.74. The zero-order valence-electron chi connectivity index (χ0n) is 16.7. The molecule has 148 valence electrons. The zero-order chi connectivity index (χ0) is 20.2. The first-order valence-electron chi connectivity index (χ1n) is 9.84. The number of carbonyl (C=O) groups excluding carboxylic acids is 1. The van der Waals surface area contributed by atoms with Crippen molar-refractivity contribution in [2.75, 3.05) is 23.4 Å². The van der Waals surface area contributed by atoms with Crippen molar-refractivity contribution in [3.8, 4) is 5.75 Å². The summed E-state index contributed by atoms with van der Waals surface area (Å²) in [6.07, 6.45) is 0.965. The van der Waals surface area contributed by atoms with E-state index >= 15 is 0 Å². The number of nitrogens with one attached hydrogen (secondary N) is 1. The minimum atomic E-state index is -0.252. The van der Waals surface area contributed by atoms with Crippen LogP contribution in [0.5, 0.6) is 5.75 Å². The Balaban J connectivity index is 1.51. The summed E-state index contributed by atoms with van der Waals surface area (Å²) < 4.78 is 5.44. The lowest BCUT2D eigenvalue weighted by atomic mass is 10.00. The fraction of sp³-hybridized carbons (Fsp3) is 0.261. The molecule has 1 amide bonds. The van der Waals surface area contributed by atoms with Crippen molar-refractivity contribution < 1.29 is 9.53 Å². The Morgan fingerprint density at radius 3 is 2.62 bits per heavy atom. The predicted molar refractivity (Wildman–Crippen MR) is 114 cm³/mol. The van der Waals surface area contributed by atoms with Crippen LogP contribution in [0.1, 0.15) is 34.4 Å². The standard InChI is InChI=1S/C23H24N4O2/c1-3-29-20-10-8-19(9-11-20)26-23(28)21-14-22(25-16(2)24-21)27-13-12-17-6-4-5-7-18(17)15-27/h4-11,14H,3,12-13,15H2,1-2H3,(H,26,28). The number of ether oxygens (including phenoxy) is 1. The molecule has 0 fully saturated rings. The second kappa shape index (κ2) is 8.31. The summed E-state index contributed by atoms with van der Waals surface area (Å²) in [4.78, 5) is 23.9. The molecule has 0 radical (unpaired) electrons. The first kappa shape index (κ1) is 18.9. The highest BCUT2D eigenvalue weighted by Crippen LogP contribution is 2.24. The molecule has 3 aromatic rings. The van der Waals surface area contributed by atoms with E-state index in [2.05, 4.69) is 44.5 Å². The maximum absolute atomic E-state index is 12.8. The highest BCUT2D eigenvalue weighted by atomic mass is 16.5. The van der Waals surface area contributed by atoms with Crippen LogP contribution in [0.3, 0.4) is 0 Å². The highest BCUT2D eigenvalue weighted by Gasteiger charge is 2.19. The number of fused-ring (bicyclic) bond motifs is 1. The second-order valence-electron chi connectivity index (χ2n) is 7.01. The topological polar surface area (TPSA) is 67.3 Å². The summed E-state index contributed by atoms with van der Waals surface area (Å²) in [5.74, 6) is 1.89. The maximum Gasteiger partial charge on any atom is 0.274 e. The number of anilines is 2. The molecule has 0 spiro atoms. The Kier molecular flexibility index (Phi) is 5.42. The molecule has 6 heteroatoms. The Morgan fingerprint density at radius 1 is 1.10 bits per heavy atom. The van der Waals surface area contributed by atoms with E-state index in [1.54, 1.807) is 6.07 Å². The lowest BCUT2D eigenvalue weighted by Gasteiger charge is -2.30. The van der Waals surface area contributed by atoms with Crippen molar-refractivity contribution in [3.05, 3.63) is 77.2 Å². The third-order valence-corrected chi connectivity index (χ3v) is 4.93. The predicted octanol–water partition coefficient (Wildman–Crippen LogP) is 4.00. The first-order chi connectivity index (χ1) is 14.1. The molecule has 1 aromatic heterocycles. The summed E-state index contributed by atoms with van der Waals surface area (Å²) in [6, 6.07) is 17.5. The van der Waals surface area contributed by atoms with E-state index in [0.717, 1.165) is 31.1 Å². The van der Waals surface area contributed by atoms with E-state index in [1.807, 2.05) is 38.1 Å². The number of hydrogen-bond acceptors (Lipinski definition) is 5. The van der Waals surface area contributed by atoms with Crippen molar-refractivity contribution in [1.29, 1.82) is 0 Å². The second-order valence-corrected chi connectivity index (χ2v) is 7.01. The molecule has 2 heterocycles. The quantitative estimate of drug-likeness (QED) is 0.716. The van der Waals surface area contributed by atoms with E-state index in [4.69, 9.17) is 4.74 Å². The van der Waals surface area contributed by atoms with Crippen LogP contribution in [-0.4, -0.2) is 29.0 Å². The minimum Gasteiger partial charge on any atom is -0.494 e. The summed E-state index contributed by atoms with van der Waals surface area (Å²) in [7, 11) is 0. The molecule has 0 atom stereocenters. The SMILES string of the molecule is CCOc1ccc(NC(=O)c2cc(N3CCc4ccccc4C3)nc(C)n2)cc1. The monoisotopic (exact) mass is 388 g/mol. The Morgan fingerprint density at radius 2 is 1.86 bits per heavy atom. The van der Waals surface area contributed by atoms with Gasteiger partial charge in [-0.15, -0.1) is 0 Å². The van der Waals surface area contributed by atoms with E-state index in [9.17, 15) is 4.79 Å². The highest BCUT2D eigenvalue weighted by molar-refractivity contribution is 6.03. The molecule has 4 rings (SSSR count). The molecular formula is C23H24N4O2. The number of aryl methyl sites for hydroxylation is 1. The molecule has 6 nitrogen and oxygen atoms in total. The third-order valence-electron chi connectivity index (χ3n) is 4.93. The molecule has 1 aliphatic rings. The van der Waals surface area contributed by atoms with Crippen LogP contribution in [0.15, 0.2) is 54.6 Å². The van der Waals surface area contributed by atoms with Gasteiger partial charge in [0.25, 0.3) is 5.91 Å². The van der Waals surface area contributed by atoms with Crippen molar-refractivity contribution in [1.82, 2.24) is 9.97 Å². The number of hydrogen-bond donors (Lipinski definition) is 1. The molecule has 1 aliphatic heterocycles. The van der Waals surface area contributed by atoms with Gasteiger partial charge in [0.2, 0.25) is 0 Å². The van der Waals surface area contributed by atoms with Gasteiger partial charge in [-0.2, -0.15) is 0 Å². The zero-order valence-corrected chi connectivity index (χ0v) is 16.7. The number of nitrogens with zero attached hydrogens (tertiary/aromatic N) is 3. The van der Waals surface area contributed by atoms with Crippen molar-refractivity contribution in [2.24, 2.45) is 0 Å². The Labute approximate surface area is 170 Å². The van der Waals surface area contributed by atoms with Gasteiger partial charge in [-0.1, -0.05) is 24.3 Å². The summed E-state index contributed by atoms with van der Waals surface area (Å²) in [5.41, 5.74) is 3.74. The van der Waals surface area contributed by atoms with Crippen molar-refractivity contribution in [2.45, 2.75) is 26.8 Å². The average molecular weight is 388 g/mol. The van der Waals surface area contributed by atoms with Crippen LogP contribution in [0.2, 0.25) is 0 Å². The lowest BCUT2D eigenvalue weighted by Crippen LogP contribution is -2.31. The van der Waals surface area contributed by atoms with Gasteiger partial charge in [0, 0.05) is 24.8 Å². The van der Waals surface area contributed by atoms with E-state index in [0.29, 0.717) is 23.8 Å². The lowest BCUT2D eigenvalue weighted by molar-refractivity contribution is 0.102. The number of amides is 1. The fourth-order valence-electron chi connectivity index (χ4n) is 3.52. The smallest absolute Gasteiger partial charge is 0.274 e. The van der Waals surface area contributed by atoms with E-state index in [1.165, 1.54) is 11.1 Å². The molecule has 0 bridgehead atoms. The van der Waals surface area contributed by atoms with Gasteiger partial charge < -0.3 is 15.0 Å². The molecular weight excluding hydrogens is 364 g/mol. The Hall–Kier alpha value is -3.41. The van der Waals surface area contributed by atoms with Crippen molar-refractivity contribution >= 4 is 17.4 Å². The first-order valence-corrected chi connectivity index (χ1v) is 9.84. The molecule has 0 saturated heterocycles. The van der Waals surface area contributed by atoms with Gasteiger partial charge in [0.15, 0.2) is 0 Å². The number of carbonyl (C=O) groups is 1. The number of aromatic nitrogens is 2. The normalized spacial score (nSPS) is 13.0. The molecule has 2 aromatic carbocycles. The van der Waals surface area contributed by atoms with Gasteiger partial charge in [0.1, 0.15) is 23.1 Å². The van der Waals surface area contributed by atoms with E-state index in [-0.39, 0.29) is 5.91 Å². The van der Waals surface area contributed by atoms with Gasteiger partial charge in [0.05, 0.1) is 6.61 Å². The van der Waals surface area contributed by atoms with Crippen LogP contribution in [0, 0.1) is 6.92 Å². The van der Waals surface area contributed by atoms with Gasteiger partial charge in [-0.05, 0) is 55.7 Å². The number of rotatable bonds is 5. The Bertz CT molecular complexity index is 1020. The maximum atomic E-state index is 12.8. The number of benzene rings is 2. The van der Waals surface area contributed by atoms with E-state index < -0.39 is 0 Å². The molecule has 0 saturated carbocycles. The van der Waals surface area contributed by atoms with Crippen LogP contribution in [0.25, 0.3) is 0 Å². The fourth-order valence-corrected chi connectivity index (χ4v) is 3.52. The van der Waals surface area contributed by atoms with Crippen molar-refractivity contribution in [3.63, 3.8) is 0 Å². The van der Waals surface area contributed by atoms with Crippen LogP contribution in [0.4, 0.5) is 11.5 Å². The van der Waals surface area contributed by atoms with Crippen LogP contribution < -0.4 is 15.0 Å². The largest absolute Gasteiger partial charge is 0.494 e. The summed E-state index contributed by atoms with van der Waals surface area (Å²) in [6.45, 7) is 6.01. The van der Waals surface area contributed by atoms with Gasteiger partial charge >= 0.3 is 0 Å². The third kappa shape index (κ3) is 4.37. The minimum absolute atomic E-state index is 0.252. The summed E-state index contributed by atoms with van der Waals surface area (Å²) in [5, 5.41) is 2.90. The molecule has 1 N–H and O–H groups in total.